The average molecular weight is 304 g/mol. The SMILES string of the molecule is CCOc1ccc([C@@H](C)NC(=O)c2ccc(Cl)cc2)cc1. The predicted octanol–water partition coefficient (Wildman–Crippen LogP) is 4.23. The largest absolute Gasteiger partial charge is 0.494 e. The first-order valence-corrected chi connectivity index (χ1v) is 7.27. The molecular weight excluding hydrogens is 286 g/mol. The molecule has 110 valence electrons. The number of amides is 1. The third-order valence-corrected chi connectivity index (χ3v) is 3.40. The van der Waals surface area contributed by atoms with Crippen LogP contribution < -0.4 is 10.1 Å². The van der Waals surface area contributed by atoms with Gasteiger partial charge >= 0.3 is 0 Å². The Bertz CT molecular complexity index is 593. The first-order valence-electron chi connectivity index (χ1n) is 6.89. The van der Waals surface area contributed by atoms with Gasteiger partial charge in [0.15, 0.2) is 0 Å². The topological polar surface area (TPSA) is 38.3 Å². The number of carbonyl (C=O) groups is 1. The van der Waals surface area contributed by atoms with Crippen LogP contribution in [0.1, 0.15) is 35.8 Å². The second kappa shape index (κ2) is 7.14. The molecule has 3 nitrogen and oxygen atoms in total. The number of ether oxygens (including phenoxy) is 1. The third-order valence-electron chi connectivity index (χ3n) is 3.15. The maximum Gasteiger partial charge on any atom is 0.251 e. The summed E-state index contributed by atoms with van der Waals surface area (Å²) in [5.41, 5.74) is 1.62. The van der Waals surface area contributed by atoms with E-state index in [9.17, 15) is 4.79 Å². The smallest absolute Gasteiger partial charge is 0.251 e. The predicted molar refractivity (Wildman–Crippen MR) is 84.9 cm³/mol. The molecule has 0 aliphatic carbocycles. The van der Waals surface area contributed by atoms with E-state index in [2.05, 4.69) is 5.32 Å². The van der Waals surface area contributed by atoms with Gasteiger partial charge in [0.05, 0.1) is 12.6 Å². The fourth-order valence-electron chi connectivity index (χ4n) is 1.98. The molecule has 2 aromatic carbocycles. The monoisotopic (exact) mass is 303 g/mol. The van der Waals surface area contributed by atoms with Crippen molar-refractivity contribution in [3.8, 4) is 5.75 Å². The minimum atomic E-state index is -0.118. The van der Waals surface area contributed by atoms with Gasteiger partial charge in [-0.3, -0.25) is 4.79 Å². The van der Waals surface area contributed by atoms with Crippen molar-refractivity contribution in [1.82, 2.24) is 5.32 Å². The summed E-state index contributed by atoms with van der Waals surface area (Å²) >= 11 is 5.81. The summed E-state index contributed by atoms with van der Waals surface area (Å²) in [5.74, 6) is 0.713. The molecule has 0 saturated carbocycles. The minimum absolute atomic E-state index is 0.0798. The van der Waals surface area contributed by atoms with Gasteiger partial charge in [-0.05, 0) is 55.8 Å². The molecular formula is C17H18ClNO2. The standard InChI is InChI=1S/C17H18ClNO2/c1-3-21-16-10-6-13(7-11-16)12(2)19-17(20)14-4-8-15(18)9-5-14/h4-12H,3H2,1-2H3,(H,19,20)/t12-/m1/s1. The van der Waals surface area contributed by atoms with E-state index in [-0.39, 0.29) is 11.9 Å². The van der Waals surface area contributed by atoms with Crippen LogP contribution in [0, 0.1) is 0 Å². The summed E-state index contributed by atoms with van der Waals surface area (Å²) in [5, 5.41) is 3.58. The Morgan fingerprint density at radius 1 is 1.14 bits per heavy atom. The first kappa shape index (κ1) is 15.4. The zero-order valence-corrected chi connectivity index (χ0v) is 12.9. The zero-order chi connectivity index (χ0) is 15.2. The van der Waals surface area contributed by atoms with Crippen LogP contribution in [0.4, 0.5) is 0 Å². The molecule has 2 rings (SSSR count). The fraction of sp³-hybridized carbons (Fsp3) is 0.235. The lowest BCUT2D eigenvalue weighted by atomic mass is 10.1. The van der Waals surface area contributed by atoms with E-state index in [4.69, 9.17) is 16.3 Å². The van der Waals surface area contributed by atoms with Gasteiger partial charge in [-0.15, -0.1) is 0 Å². The zero-order valence-electron chi connectivity index (χ0n) is 12.1. The maximum atomic E-state index is 12.1. The third kappa shape index (κ3) is 4.23. The molecule has 2 aromatic rings. The lowest BCUT2D eigenvalue weighted by Crippen LogP contribution is -2.26. The number of carbonyl (C=O) groups excluding carboxylic acids is 1. The summed E-state index contributed by atoms with van der Waals surface area (Å²) in [6.45, 7) is 4.54. The number of hydrogen-bond donors (Lipinski definition) is 1. The molecule has 0 heterocycles. The summed E-state index contributed by atoms with van der Waals surface area (Å²) < 4.78 is 5.40. The molecule has 4 heteroatoms. The number of halogens is 1. The van der Waals surface area contributed by atoms with Gasteiger partial charge in [0.25, 0.3) is 5.91 Å². The molecule has 0 aliphatic heterocycles. The van der Waals surface area contributed by atoms with E-state index < -0.39 is 0 Å². The summed E-state index contributed by atoms with van der Waals surface area (Å²) in [6.07, 6.45) is 0. The van der Waals surface area contributed by atoms with Gasteiger partial charge in [-0.2, -0.15) is 0 Å². The second-order valence-corrected chi connectivity index (χ2v) is 5.14. The Hall–Kier alpha value is -2.00. The van der Waals surface area contributed by atoms with E-state index >= 15 is 0 Å². The Balaban J connectivity index is 2.01. The van der Waals surface area contributed by atoms with Gasteiger partial charge < -0.3 is 10.1 Å². The van der Waals surface area contributed by atoms with Crippen LogP contribution >= 0.6 is 11.6 Å². The number of rotatable bonds is 5. The second-order valence-electron chi connectivity index (χ2n) is 4.70. The molecule has 0 bridgehead atoms. The quantitative estimate of drug-likeness (QED) is 0.897. The van der Waals surface area contributed by atoms with Crippen molar-refractivity contribution in [2.24, 2.45) is 0 Å². The highest BCUT2D eigenvalue weighted by atomic mass is 35.5. The first-order chi connectivity index (χ1) is 10.1. The van der Waals surface area contributed by atoms with Gasteiger partial charge in [0.1, 0.15) is 5.75 Å². The van der Waals surface area contributed by atoms with Crippen LogP contribution in [0.15, 0.2) is 48.5 Å². The molecule has 1 atom stereocenters. The number of benzene rings is 2. The van der Waals surface area contributed by atoms with Gasteiger partial charge in [-0.25, -0.2) is 0 Å². The molecule has 0 radical (unpaired) electrons. The molecule has 0 saturated heterocycles. The highest BCUT2D eigenvalue weighted by Gasteiger charge is 2.11. The molecule has 21 heavy (non-hydrogen) atoms. The fourth-order valence-corrected chi connectivity index (χ4v) is 2.11. The van der Waals surface area contributed by atoms with Crippen LogP contribution in [0.5, 0.6) is 5.75 Å². The maximum absolute atomic E-state index is 12.1. The lowest BCUT2D eigenvalue weighted by Gasteiger charge is -2.15. The summed E-state index contributed by atoms with van der Waals surface area (Å²) in [4.78, 5) is 12.1. The van der Waals surface area contributed by atoms with E-state index in [0.29, 0.717) is 17.2 Å². The molecule has 1 N–H and O–H groups in total. The summed E-state index contributed by atoms with van der Waals surface area (Å²) in [6, 6.07) is 14.5. The molecule has 0 unspecified atom stereocenters. The van der Waals surface area contributed by atoms with E-state index in [0.717, 1.165) is 11.3 Å². The van der Waals surface area contributed by atoms with Crippen LogP contribution in [0.25, 0.3) is 0 Å². The van der Waals surface area contributed by atoms with E-state index in [1.165, 1.54) is 0 Å². The normalized spacial score (nSPS) is 11.8. The van der Waals surface area contributed by atoms with Crippen molar-refractivity contribution >= 4 is 17.5 Å². The van der Waals surface area contributed by atoms with Crippen molar-refractivity contribution in [2.45, 2.75) is 19.9 Å². The molecule has 0 aromatic heterocycles. The highest BCUT2D eigenvalue weighted by Crippen LogP contribution is 2.18. The average Bonchev–Trinajstić information content (AvgIpc) is 2.49. The molecule has 0 fully saturated rings. The Morgan fingerprint density at radius 3 is 2.33 bits per heavy atom. The lowest BCUT2D eigenvalue weighted by molar-refractivity contribution is 0.0940. The van der Waals surface area contributed by atoms with E-state index in [1.807, 2.05) is 38.1 Å². The van der Waals surface area contributed by atoms with E-state index in [1.54, 1.807) is 24.3 Å². The van der Waals surface area contributed by atoms with Gasteiger partial charge in [-0.1, -0.05) is 23.7 Å². The molecule has 1 amide bonds. The Kier molecular flexibility index (Phi) is 5.23. The number of hydrogen-bond acceptors (Lipinski definition) is 2. The van der Waals surface area contributed by atoms with Crippen LogP contribution in [-0.2, 0) is 0 Å². The number of nitrogens with one attached hydrogen (secondary N) is 1. The van der Waals surface area contributed by atoms with Crippen molar-refractivity contribution in [3.63, 3.8) is 0 Å². The van der Waals surface area contributed by atoms with Crippen LogP contribution in [0.3, 0.4) is 0 Å². The van der Waals surface area contributed by atoms with Crippen molar-refractivity contribution in [3.05, 3.63) is 64.7 Å². The minimum Gasteiger partial charge on any atom is -0.494 e. The van der Waals surface area contributed by atoms with Crippen molar-refractivity contribution in [1.29, 1.82) is 0 Å². The van der Waals surface area contributed by atoms with Crippen molar-refractivity contribution < 1.29 is 9.53 Å². The highest BCUT2D eigenvalue weighted by molar-refractivity contribution is 6.30. The van der Waals surface area contributed by atoms with Crippen molar-refractivity contribution in [2.75, 3.05) is 6.61 Å². The molecule has 0 aliphatic rings. The summed E-state index contributed by atoms with van der Waals surface area (Å²) in [7, 11) is 0. The van der Waals surface area contributed by atoms with Crippen LogP contribution in [-0.4, -0.2) is 12.5 Å². The van der Waals surface area contributed by atoms with Gasteiger partial charge in [0.2, 0.25) is 0 Å². The Morgan fingerprint density at radius 2 is 1.76 bits per heavy atom. The molecule has 0 spiro atoms. The van der Waals surface area contributed by atoms with Gasteiger partial charge in [0, 0.05) is 10.6 Å². The van der Waals surface area contributed by atoms with Crippen LogP contribution in [0.2, 0.25) is 5.02 Å². The Labute approximate surface area is 129 Å².